The number of methoxy groups -OCH3 is 1. The first kappa shape index (κ1) is 11.7. The van der Waals surface area contributed by atoms with Gasteiger partial charge in [-0.25, -0.2) is 4.79 Å². The van der Waals surface area contributed by atoms with Crippen LogP contribution in [0.3, 0.4) is 0 Å². The van der Waals surface area contributed by atoms with Crippen molar-refractivity contribution >= 4 is 28.5 Å². The molecule has 96 valence electrons. The predicted molar refractivity (Wildman–Crippen MR) is 70.8 cm³/mol. The molecule has 0 atom stereocenters. The van der Waals surface area contributed by atoms with Crippen molar-refractivity contribution in [1.82, 2.24) is 4.37 Å². The molecule has 0 aliphatic carbocycles. The maximum absolute atomic E-state index is 11.3. The Bertz CT molecular complexity index is 759. The Morgan fingerprint density at radius 3 is 2.89 bits per heavy atom. The van der Waals surface area contributed by atoms with Crippen molar-refractivity contribution in [3.63, 3.8) is 0 Å². The molecular formula is C13H9NO4S. The summed E-state index contributed by atoms with van der Waals surface area (Å²) >= 11 is 1.18. The molecule has 6 heteroatoms. The molecule has 1 aromatic carbocycles. The number of carboxylic acid groups (broad SMARTS) is 1. The van der Waals surface area contributed by atoms with Gasteiger partial charge in [-0.2, -0.15) is 4.37 Å². The molecule has 0 amide bonds. The Kier molecular flexibility index (Phi) is 2.72. The van der Waals surface area contributed by atoms with E-state index in [0.29, 0.717) is 21.9 Å². The van der Waals surface area contributed by atoms with E-state index in [4.69, 9.17) is 9.15 Å². The van der Waals surface area contributed by atoms with Crippen LogP contribution in [0.1, 0.15) is 10.6 Å². The van der Waals surface area contributed by atoms with E-state index in [1.54, 1.807) is 18.2 Å². The molecule has 1 N–H and O–H groups in total. The van der Waals surface area contributed by atoms with Crippen LogP contribution >= 0.6 is 11.5 Å². The van der Waals surface area contributed by atoms with Crippen molar-refractivity contribution in [3.05, 3.63) is 36.1 Å². The lowest BCUT2D eigenvalue weighted by atomic mass is 10.1. The van der Waals surface area contributed by atoms with Crippen molar-refractivity contribution in [2.24, 2.45) is 0 Å². The highest BCUT2D eigenvalue weighted by molar-refractivity contribution is 7.09. The van der Waals surface area contributed by atoms with E-state index >= 15 is 0 Å². The average Bonchev–Trinajstić information content (AvgIpc) is 3.02. The van der Waals surface area contributed by atoms with Gasteiger partial charge in [0.1, 0.15) is 5.58 Å². The third-order valence-electron chi connectivity index (χ3n) is 2.73. The van der Waals surface area contributed by atoms with Gasteiger partial charge in [0.05, 0.1) is 17.6 Å². The summed E-state index contributed by atoms with van der Waals surface area (Å²) < 4.78 is 14.5. The Balaban J connectivity index is 2.30. The summed E-state index contributed by atoms with van der Waals surface area (Å²) in [6.45, 7) is 0. The molecule has 0 saturated heterocycles. The number of para-hydroxylation sites is 1. The number of hydrogen-bond donors (Lipinski definition) is 1. The molecular weight excluding hydrogens is 266 g/mol. The highest BCUT2D eigenvalue weighted by Gasteiger charge is 2.22. The van der Waals surface area contributed by atoms with Crippen LogP contribution in [-0.2, 0) is 0 Å². The molecule has 0 fully saturated rings. The highest BCUT2D eigenvalue weighted by atomic mass is 32.1. The Morgan fingerprint density at radius 2 is 2.21 bits per heavy atom. The standard InChI is InChI=1S/C13H9NO4S/c1-17-10-6-9(19-14-10)11-7-4-2-3-5-8(7)18-12(11)13(15)16/h2-6H,1H3,(H,15,16). The van der Waals surface area contributed by atoms with Gasteiger partial charge in [-0.3, -0.25) is 0 Å². The summed E-state index contributed by atoms with van der Waals surface area (Å²) in [5.74, 6) is -0.715. The van der Waals surface area contributed by atoms with Crippen LogP contribution in [0.4, 0.5) is 0 Å². The fourth-order valence-corrected chi connectivity index (χ4v) is 2.68. The van der Waals surface area contributed by atoms with Gasteiger partial charge < -0.3 is 14.3 Å². The van der Waals surface area contributed by atoms with Crippen LogP contribution in [0.25, 0.3) is 21.4 Å². The molecule has 0 spiro atoms. The van der Waals surface area contributed by atoms with Gasteiger partial charge in [0.25, 0.3) is 0 Å². The van der Waals surface area contributed by atoms with E-state index in [-0.39, 0.29) is 5.76 Å². The smallest absolute Gasteiger partial charge is 0.372 e. The number of carboxylic acids is 1. The fraction of sp³-hybridized carbons (Fsp3) is 0.0769. The Hall–Kier alpha value is -2.34. The summed E-state index contributed by atoms with van der Waals surface area (Å²) in [5.41, 5.74) is 1.09. The molecule has 2 heterocycles. The fourth-order valence-electron chi connectivity index (χ4n) is 1.91. The number of fused-ring (bicyclic) bond motifs is 1. The number of ether oxygens (including phenoxy) is 1. The summed E-state index contributed by atoms with van der Waals surface area (Å²) in [6.07, 6.45) is 0. The predicted octanol–water partition coefficient (Wildman–Crippen LogP) is 3.26. The normalized spacial score (nSPS) is 10.8. The quantitative estimate of drug-likeness (QED) is 0.794. The number of hydrogen-bond acceptors (Lipinski definition) is 5. The molecule has 0 radical (unpaired) electrons. The van der Waals surface area contributed by atoms with Gasteiger partial charge in [-0.05, 0) is 17.6 Å². The Morgan fingerprint density at radius 1 is 1.42 bits per heavy atom. The largest absolute Gasteiger partial charge is 0.480 e. The van der Waals surface area contributed by atoms with Gasteiger partial charge in [0.15, 0.2) is 0 Å². The highest BCUT2D eigenvalue weighted by Crippen LogP contribution is 2.38. The molecule has 3 aromatic rings. The number of carbonyl (C=O) groups is 1. The van der Waals surface area contributed by atoms with Crippen molar-refractivity contribution < 1.29 is 19.1 Å². The summed E-state index contributed by atoms with van der Waals surface area (Å²) in [7, 11) is 1.52. The van der Waals surface area contributed by atoms with Crippen LogP contribution in [0.15, 0.2) is 34.7 Å². The van der Waals surface area contributed by atoms with Gasteiger partial charge in [0, 0.05) is 11.5 Å². The Labute approximate surface area is 112 Å². The van der Waals surface area contributed by atoms with Crippen LogP contribution in [0.5, 0.6) is 5.88 Å². The zero-order valence-electron chi connectivity index (χ0n) is 9.91. The van der Waals surface area contributed by atoms with E-state index in [9.17, 15) is 9.90 Å². The second kappa shape index (κ2) is 4.40. The third-order valence-corrected chi connectivity index (χ3v) is 3.52. The summed E-state index contributed by atoms with van der Waals surface area (Å²) in [4.78, 5) is 12.0. The number of benzene rings is 1. The summed E-state index contributed by atoms with van der Waals surface area (Å²) in [5, 5.41) is 10.0. The average molecular weight is 275 g/mol. The van der Waals surface area contributed by atoms with Gasteiger partial charge >= 0.3 is 5.97 Å². The monoisotopic (exact) mass is 275 g/mol. The number of aromatic nitrogens is 1. The zero-order chi connectivity index (χ0) is 13.4. The molecule has 2 aromatic heterocycles. The first-order valence-electron chi connectivity index (χ1n) is 5.46. The van der Waals surface area contributed by atoms with Crippen molar-refractivity contribution in [1.29, 1.82) is 0 Å². The van der Waals surface area contributed by atoms with Gasteiger partial charge in [0.2, 0.25) is 11.6 Å². The minimum absolute atomic E-state index is 0.0764. The lowest BCUT2D eigenvalue weighted by molar-refractivity contribution is 0.0666. The number of nitrogens with zero attached hydrogens (tertiary/aromatic N) is 1. The third kappa shape index (κ3) is 1.86. The molecule has 0 aliphatic rings. The molecule has 19 heavy (non-hydrogen) atoms. The number of rotatable bonds is 3. The van der Waals surface area contributed by atoms with Gasteiger partial charge in [-0.1, -0.05) is 18.2 Å². The van der Waals surface area contributed by atoms with E-state index < -0.39 is 5.97 Å². The molecule has 3 rings (SSSR count). The number of furan rings is 1. The van der Waals surface area contributed by atoms with Crippen LogP contribution < -0.4 is 4.74 Å². The molecule has 0 bridgehead atoms. The maximum Gasteiger partial charge on any atom is 0.372 e. The van der Waals surface area contributed by atoms with Crippen molar-refractivity contribution in [3.8, 4) is 16.3 Å². The summed E-state index contributed by atoms with van der Waals surface area (Å²) in [6, 6.07) is 8.91. The van der Waals surface area contributed by atoms with Crippen LogP contribution in [-0.4, -0.2) is 22.6 Å². The van der Waals surface area contributed by atoms with Crippen LogP contribution in [0, 0.1) is 0 Å². The maximum atomic E-state index is 11.3. The molecule has 0 unspecified atom stereocenters. The van der Waals surface area contributed by atoms with Gasteiger partial charge in [-0.15, -0.1) is 0 Å². The van der Waals surface area contributed by atoms with E-state index in [2.05, 4.69) is 4.37 Å². The SMILES string of the molecule is COc1cc(-c2c(C(=O)O)oc3ccccc23)sn1. The van der Waals surface area contributed by atoms with Crippen LogP contribution in [0.2, 0.25) is 0 Å². The molecule has 0 saturated carbocycles. The molecule has 0 aliphatic heterocycles. The minimum atomic E-state index is -1.10. The zero-order valence-corrected chi connectivity index (χ0v) is 10.7. The second-order valence-corrected chi connectivity index (χ2v) is 4.65. The minimum Gasteiger partial charge on any atom is -0.480 e. The second-order valence-electron chi connectivity index (χ2n) is 3.84. The van der Waals surface area contributed by atoms with Crippen molar-refractivity contribution in [2.45, 2.75) is 0 Å². The van der Waals surface area contributed by atoms with E-state index in [1.807, 2.05) is 12.1 Å². The molecule has 5 nitrogen and oxygen atoms in total. The first-order valence-corrected chi connectivity index (χ1v) is 6.24. The van der Waals surface area contributed by atoms with Crippen molar-refractivity contribution in [2.75, 3.05) is 7.11 Å². The number of aromatic carboxylic acids is 1. The van der Waals surface area contributed by atoms with E-state index in [0.717, 1.165) is 5.39 Å². The lowest BCUT2D eigenvalue weighted by Gasteiger charge is -1.94. The topological polar surface area (TPSA) is 72.6 Å². The first-order chi connectivity index (χ1) is 9.20. The van der Waals surface area contributed by atoms with E-state index in [1.165, 1.54) is 18.6 Å². The lowest BCUT2D eigenvalue weighted by Crippen LogP contribution is -1.95.